The number of aryl methyl sites for hydroxylation is 2. The molecule has 0 aliphatic heterocycles. The van der Waals surface area contributed by atoms with Crippen molar-refractivity contribution < 1.29 is 27.2 Å². The van der Waals surface area contributed by atoms with E-state index in [4.69, 9.17) is 0 Å². The van der Waals surface area contributed by atoms with Gasteiger partial charge in [0, 0.05) is 22.5 Å². The van der Waals surface area contributed by atoms with Crippen LogP contribution in [0.3, 0.4) is 0 Å². The van der Waals surface area contributed by atoms with Crippen molar-refractivity contribution in [2.24, 2.45) is 0 Å². The Kier molecular flexibility index (Phi) is 6.84. The summed E-state index contributed by atoms with van der Waals surface area (Å²) in [6.07, 6.45) is -4.58. The first-order chi connectivity index (χ1) is 13.5. The number of benzene rings is 2. The molecular weight excluding hydrogens is 390 g/mol. The Hall–Kier alpha value is -3.10. The van der Waals surface area contributed by atoms with Gasteiger partial charge in [0.25, 0.3) is 5.91 Å². The lowest BCUT2D eigenvalue weighted by Gasteiger charge is -2.15. The maximum absolute atomic E-state index is 14.1. The third-order valence-corrected chi connectivity index (χ3v) is 4.24. The van der Waals surface area contributed by atoms with E-state index in [1.54, 1.807) is 5.32 Å². The number of amides is 2. The van der Waals surface area contributed by atoms with Crippen molar-refractivity contribution in [3.05, 3.63) is 58.4 Å². The number of halogens is 4. The smallest absolute Gasteiger partial charge is 0.376 e. The molecule has 0 aromatic heterocycles. The summed E-state index contributed by atoms with van der Waals surface area (Å²) in [7, 11) is 0. The van der Waals surface area contributed by atoms with Crippen molar-refractivity contribution in [2.75, 3.05) is 23.7 Å². The molecule has 2 aromatic rings. The van der Waals surface area contributed by atoms with E-state index in [0.717, 1.165) is 17.2 Å². The topological polar surface area (TPSA) is 70.2 Å². The standard InChI is InChI=1S/C20H21F4N3O2/c1-11-5-4-6-12(2)18(11)27-17(28)9-25-16-8-14(7-15(21)13(16)3)19(29)26-10-20(22,23)24/h4-8,25H,9-10H2,1-3H3,(H,26,29)(H,27,28). The number of rotatable bonds is 6. The average Bonchev–Trinajstić information content (AvgIpc) is 2.63. The molecule has 0 aliphatic rings. The Morgan fingerprint density at radius 3 is 2.24 bits per heavy atom. The minimum absolute atomic E-state index is 0.136. The van der Waals surface area contributed by atoms with E-state index in [1.165, 1.54) is 13.0 Å². The quantitative estimate of drug-likeness (QED) is 0.627. The van der Waals surface area contributed by atoms with Crippen molar-refractivity contribution in [2.45, 2.75) is 26.9 Å². The Balaban J connectivity index is 2.09. The molecule has 0 heterocycles. The highest BCUT2D eigenvalue weighted by Gasteiger charge is 2.28. The zero-order valence-electron chi connectivity index (χ0n) is 16.1. The van der Waals surface area contributed by atoms with Gasteiger partial charge in [-0.1, -0.05) is 18.2 Å². The number of carbonyl (C=O) groups is 2. The fraction of sp³-hybridized carbons (Fsp3) is 0.300. The SMILES string of the molecule is Cc1cccc(C)c1NC(=O)CNc1cc(C(=O)NCC(F)(F)F)cc(F)c1C. The normalized spacial score (nSPS) is 11.1. The molecular formula is C20H21F4N3O2. The monoisotopic (exact) mass is 411 g/mol. The number of hydrogen-bond acceptors (Lipinski definition) is 3. The summed E-state index contributed by atoms with van der Waals surface area (Å²) in [5.74, 6) is -2.24. The van der Waals surface area contributed by atoms with Gasteiger partial charge < -0.3 is 16.0 Å². The van der Waals surface area contributed by atoms with Crippen molar-refractivity contribution in [3.63, 3.8) is 0 Å². The van der Waals surface area contributed by atoms with Crippen molar-refractivity contribution in [1.29, 1.82) is 0 Å². The van der Waals surface area contributed by atoms with Crippen LogP contribution in [0.5, 0.6) is 0 Å². The van der Waals surface area contributed by atoms with Crippen LogP contribution in [0.4, 0.5) is 28.9 Å². The van der Waals surface area contributed by atoms with Gasteiger partial charge in [-0.25, -0.2) is 4.39 Å². The van der Waals surface area contributed by atoms with E-state index in [2.05, 4.69) is 10.6 Å². The summed E-state index contributed by atoms with van der Waals surface area (Å²) in [4.78, 5) is 24.1. The van der Waals surface area contributed by atoms with Crippen LogP contribution in [0.25, 0.3) is 0 Å². The van der Waals surface area contributed by atoms with E-state index in [9.17, 15) is 27.2 Å². The highest BCUT2D eigenvalue weighted by atomic mass is 19.4. The van der Waals surface area contributed by atoms with E-state index in [0.29, 0.717) is 5.69 Å². The zero-order chi connectivity index (χ0) is 21.8. The maximum atomic E-state index is 14.1. The lowest BCUT2D eigenvalue weighted by atomic mass is 10.1. The maximum Gasteiger partial charge on any atom is 0.405 e. The van der Waals surface area contributed by atoms with Crippen molar-refractivity contribution in [3.8, 4) is 0 Å². The molecule has 0 unspecified atom stereocenters. The first kappa shape index (κ1) is 22.2. The molecule has 2 rings (SSSR count). The number of para-hydroxylation sites is 1. The molecule has 0 saturated heterocycles. The van der Waals surface area contributed by atoms with Crippen LogP contribution in [-0.2, 0) is 4.79 Å². The zero-order valence-corrected chi connectivity index (χ0v) is 16.1. The molecule has 0 bridgehead atoms. The van der Waals surface area contributed by atoms with Crippen LogP contribution in [0.1, 0.15) is 27.0 Å². The Morgan fingerprint density at radius 2 is 1.66 bits per heavy atom. The van der Waals surface area contributed by atoms with Crippen LogP contribution in [0, 0.1) is 26.6 Å². The summed E-state index contributed by atoms with van der Waals surface area (Å²) in [5, 5.41) is 7.17. The molecule has 0 fully saturated rings. The molecule has 0 saturated carbocycles. The van der Waals surface area contributed by atoms with E-state index < -0.39 is 30.4 Å². The fourth-order valence-electron chi connectivity index (χ4n) is 2.65. The minimum Gasteiger partial charge on any atom is -0.376 e. The summed E-state index contributed by atoms with van der Waals surface area (Å²) in [6, 6.07) is 7.61. The predicted octanol–water partition coefficient (Wildman–Crippen LogP) is 4.09. The van der Waals surface area contributed by atoms with E-state index in [1.807, 2.05) is 32.0 Å². The average molecular weight is 411 g/mol. The number of hydrogen-bond donors (Lipinski definition) is 3. The molecule has 29 heavy (non-hydrogen) atoms. The highest BCUT2D eigenvalue weighted by Crippen LogP contribution is 2.22. The molecule has 9 heteroatoms. The number of nitrogens with one attached hydrogen (secondary N) is 3. The fourth-order valence-corrected chi connectivity index (χ4v) is 2.65. The van der Waals surface area contributed by atoms with Gasteiger partial charge in [-0.3, -0.25) is 9.59 Å². The number of carbonyl (C=O) groups excluding carboxylic acids is 2. The van der Waals surface area contributed by atoms with Gasteiger partial charge in [-0.15, -0.1) is 0 Å². The molecule has 0 aliphatic carbocycles. The van der Waals surface area contributed by atoms with Crippen molar-refractivity contribution in [1.82, 2.24) is 5.32 Å². The van der Waals surface area contributed by atoms with Crippen LogP contribution >= 0.6 is 0 Å². The third-order valence-electron chi connectivity index (χ3n) is 4.24. The van der Waals surface area contributed by atoms with Crippen LogP contribution in [-0.4, -0.2) is 31.1 Å². The van der Waals surface area contributed by atoms with Gasteiger partial charge in [-0.2, -0.15) is 13.2 Å². The van der Waals surface area contributed by atoms with Crippen LogP contribution < -0.4 is 16.0 Å². The van der Waals surface area contributed by atoms with Gasteiger partial charge in [0.1, 0.15) is 12.4 Å². The Morgan fingerprint density at radius 1 is 1.03 bits per heavy atom. The molecule has 2 aromatic carbocycles. The lowest BCUT2D eigenvalue weighted by Crippen LogP contribution is -2.33. The lowest BCUT2D eigenvalue weighted by molar-refractivity contribution is -0.123. The second kappa shape index (κ2) is 8.93. The molecule has 0 atom stereocenters. The van der Waals surface area contributed by atoms with Gasteiger partial charge >= 0.3 is 6.18 Å². The summed E-state index contributed by atoms with van der Waals surface area (Å²) in [6.45, 7) is 3.37. The predicted molar refractivity (Wildman–Crippen MR) is 103 cm³/mol. The number of anilines is 2. The molecule has 0 spiro atoms. The van der Waals surface area contributed by atoms with Crippen molar-refractivity contribution >= 4 is 23.2 Å². The second-order valence-corrected chi connectivity index (χ2v) is 6.60. The van der Waals surface area contributed by atoms with Gasteiger partial charge in [0.15, 0.2) is 0 Å². The molecule has 156 valence electrons. The Bertz CT molecular complexity index is 906. The van der Waals surface area contributed by atoms with Crippen LogP contribution in [0.2, 0.25) is 0 Å². The first-order valence-electron chi connectivity index (χ1n) is 8.73. The molecule has 5 nitrogen and oxygen atoms in total. The first-order valence-corrected chi connectivity index (χ1v) is 8.73. The van der Waals surface area contributed by atoms with Gasteiger partial charge in [-0.05, 0) is 44.0 Å². The highest BCUT2D eigenvalue weighted by molar-refractivity contribution is 5.97. The molecule has 0 radical (unpaired) electrons. The largest absolute Gasteiger partial charge is 0.405 e. The van der Waals surface area contributed by atoms with Crippen LogP contribution in [0.15, 0.2) is 30.3 Å². The Labute approximate surface area is 165 Å². The van der Waals surface area contributed by atoms with E-state index in [-0.39, 0.29) is 23.4 Å². The van der Waals surface area contributed by atoms with Gasteiger partial charge in [0.05, 0.1) is 6.54 Å². The van der Waals surface area contributed by atoms with Gasteiger partial charge in [0.2, 0.25) is 5.91 Å². The third kappa shape index (κ3) is 6.20. The number of alkyl halides is 3. The molecule has 3 N–H and O–H groups in total. The summed E-state index contributed by atoms with van der Waals surface area (Å²) >= 11 is 0. The summed E-state index contributed by atoms with van der Waals surface area (Å²) in [5.41, 5.74) is 2.42. The minimum atomic E-state index is -4.58. The summed E-state index contributed by atoms with van der Waals surface area (Å²) < 4.78 is 50.9. The molecule has 2 amide bonds. The van der Waals surface area contributed by atoms with E-state index >= 15 is 0 Å². The second-order valence-electron chi connectivity index (χ2n) is 6.60.